The molecule has 0 bridgehead atoms. The number of nitrogens with one attached hydrogen (secondary N) is 2. The van der Waals surface area contributed by atoms with E-state index in [9.17, 15) is 9.59 Å². The molecule has 0 spiro atoms. The molecule has 0 radical (unpaired) electrons. The minimum absolute atomic E-state index is 0.276. The molecule has 24 heavy (non-hydrogen) atoms. The fourth-order valence-electron chi connectivity index (χ4n) is 2.04. The maximum atomic E-state index is 11.9. The van der Waals surface area contributed by atoms with Crippen LogP contribution in [0, 0.1) is 0 Å². The molecule has 2 aromatic rings. The van der Waals surface area contributed by atoms with Crippen LogP contribution in [0.3, 0.4) is 0 Å². The zero-order valence-electron chi connectivity index (χ0n) is 12.9. The standard InChI is InChI=1S/C17H16Cl2N2O3/c1-24-15-5-3-2-4-11(15)10-20-16(22)9-17(23)21-14-7-6-12(18)8-13(14)19/h2-8H,9-10H2,1H3,(H,20,22)(H,21,23). The highest BCUT2D eigenvalue weighted by molar-refractivity contribution is 6.36. The quantitative estimate of drug-likeness (QED) is 0.766. The second kappa shape index (κ2) is 8.57. The number of methoxy groups -OCH3 is 1. The third-order valence-corrected chi connectivity index (χ3v) is 3.74. The molecule has 0 saturated heterocycles. The minimum atomic E-state index is -0.461. The zero-order valence-corrected chi connectivity index (χ0v) is 14.4. The normalized spacial score (nSPS) is 10.1. The van der Waals surface area contributed by atoms with Gasteiger partial charge >= 0.3 is 0 Å². The van der Waals surface area contributed by atoms with E-state index in [-0.39, 0.29) is 13.0 Å². The molecule has 0 atom stereocenters. The Balaban J connectivity index is 1.86. The molecule has 0 fully saturated rings. The molecular formula is C17H16Cl2N2O3. The van der Waals surface area contributed by atoms with E-state index >= 15 is 0 Å². The first-order chi connectivity index (χ1) is 11.5. The number of rotatable bonds is 6. The van der Waals surface area contributed by atoms with E-state index in [0.29, 0.717) is 21.5 Å². The SMILES string of the molecule is COc1ccccc1CNC(=O)CC(=O)Nc1ccc(Cl)cc1Cl. The number of para-hydroxylation sites is 1. The molecule has 0 aromatic heterocycles. The van der Waals surface area contributed by atoms with Gasteiger partial charge in [-0.3, -0.25) is 9.59 Å². The zero-order chi connectivity index (χ0) is 17.5. The maximum Gasteiger partial charge on any atom is 0.233 e. The third-order valence-electron chi connectivity index (χ3n) is 3.19. The Morgan fingerprint density at radius 3 is 2.54 bits per heavy atom. The lowest BCUT2D eigenvalue weighted by molar-refractivity contribution is -0.126. The first-order valence-electron chi connectivity index (χ1n) is 7.13. The van der Waals surface area contributed by atoms with Crippen molar-refractivity contribution in [3.05, 3.63) is 58.1 Å². The summed E-state index contributed by atoms with van der Waals surface area (Å²) in [6.45, 7) is 0.276. The number of amides is 2. The topological polar surface area (TPSA) is 67.4 Å². The largest absolute Gasteiger partial charge is 0.496 e. The van der Waals surface area contributed by atoms with Crippen molar-refractivity contribution < 1.29 is 14.3 Å². The highest BCUT2D eigenvalue weighted by atomic mass is 35.5. The first kappa shape index (κ1) is 18.1. The summed E-state index contributed by atoms with van der Waals surface area (Å²) in [5, 5.41) is 6.03. The van der Waals surface area contributed by atoms with Gasteiger partial charge in [-0.05, 0) is 24.3 Å². The van der Waals surface area contributed by atoms with Crippen molar-refractivity contribution in [3.8, 4) is 5.75 Å². The Hall–Kier alpha value is -2.24. The maximum absolute atomic E-state index is 11.9. The molecule has 0 aliphatic carbocycles. The van der Waals surface area contributed by atoms with Crippen LogP contribution in [0.15, 0.2) is 42.5 Å². The Morgan fingerprint density at radius 2 is 1.83 bits per heavy atom. The molecule has 5 nitrogen and oxygen atoms in total. The molecule has 2 aromatic carbocycles. The van der Waals surface area contributed by atoms with Crippen LogP contribution in [0.1, 0.15) is 12.0 Å². The lowest BCUT2D eigenvalue weighted by Gasteiger charge is -2.10. The van der Waals surface area contributed by atoms with Crippen LogP contribution < -0.4 is 15.4 Å². The average Bonchev–Trinajstić information content (AvgIpc) is 2.55. The summed E-state index contributed by atoms with van der Waals surface area (Å²) in [6, 6.07) is 12.0. The number of halogens is 2. The van der Waals surface area contributed by atoms with E-state index in [1.807, 2.05) is 18.2 Å². The summed E-state index contributed by atoms with van der Waals surface area (Å²) in [7, 11) is 1.56. The van der Waals surface area contributed by atoms with E-state index < -0.39 is 11.8 Å². The molecule has 0 heterocycles. The van der Waals surface area contributed by atoms with E-state index in [2.05, 4.69) is 10.6 Å². The van der Waals surface area contributed by atoms with Crippen LogP contribution in [0.5, 0.6) is 5.75 Å². The summed E-state index contributed by atoms with van der Waals surface area (Å²) in [5.41, 5.74) is 1.23. The van der Waals surface area contributed by atoms with Crippen LogP contribution in [-0.4, -0.2) is 18.9 Å². The van der Waals surface area contributed by atoms with Crippen molar-refractivity contribution >= 4 is 40.7 Å². The molecule has 0 aliphatic rings. The summed E-state index contributed by atoms with van der Waals surface area (Å²) >= 11 is 11.8. The number of anilines is 1. The summed E-state index contributed by atoms with van der Waals surface area (Å²) < 4.78 is 5.20. The van der Waals surface area contributed by atoms with Crippen LogP contribution >= 0.6 is 23.2 Å². The highest BCUT2D eigenvalue weighted by Crippen LogP contribution is 2.25. The van der Waals surface area contributed by atoms with Gasteiger partial charge in [0.25, 0.3) is 0 Å². The number of hydrogen-bond donors (Lipinski definition) is 2. The highest BCUT2D eigenvalue weighted by Gasteiger charge is 2.12. The number of ether oxygens (including phenoxy) is 1. The lowest BCUT2D eigenvalue weighted by atomic mass is 10.2. The summed E-state index contributed by atoms with van der Waals surface area (Å²) in [6.07, 6.45) is -0.311. The van der Waals surface area contributed by atoms with Crippen molar-refractivity contribution in [1.29, 1.82) is 0 Å². The second-order valence-corrected chi connectivity index (χ2v) is 5.78. The average molecular weight is 367 g/mol. The van der Waals surface area contributed by atoms with Crippen molar-refractivity contribution in [2.45, 2.75) is 13.0 Å². The van der Waals surface area contributed by atoms with Crippen molar-refractivity contribution in [3.63, 3.8) is 0 Å². The van der Waals surface area contributed by atoms with Gasteiger partial charge in [-0.1, -0.05) is 41.4 Å². The van der Waals surface area contributed by atoms with Gasteiger partial charge in [-0.15, -0.1) is 0 Å². The number of hydrogen-bond acceptors (Lipinski definition) is 3. The number of carbonyl (C=O) groups is 2. The Kier molecular flexibility index (Phi) is 6.46. The summed E-state index contributed by atoms with van der Waals surface area (Å²) in [4.78, 5) is 23.8. The minimum Gasteiger partial charge on any atom is -0.496 e. The molecule has 2 N–H and O–H groups in total. The van der Waals surface area contributed by atoms with Crippen LogP contribution in [0.2, 0.25) is 10.0 Å². The number of carbonyl (C=O) groups excluding carboxylic acids is 2. The van der Waals surface area contributed by atoms with Gasteiger partial charge in [0.15, 0.2) is 0 Å². The third kappa shape index (κ3) is 5.15. The van der Waals surface area contributed by atoms with Gasteiger partial charge in [0.05, 0.1) is 17.8 Å². The second-order valence-electron chi connectivity index (χ2n) is 4.94. The van der Waals surface area contributed by atoms with Gasteiger partial charge in [0.2, 0.25) is 11.8 Å². The Labute approximate surface area is 149 Å². The fraction of sp³-hybridized carbons (Fsp3) is 0.176. The van der Waals surface area contributed by atoms with Crippen molar-refractivity contribution in [2.75, 3.05) is 12.4 Å². The van der Waals surface area contributed by atoms with Crippen LogP contribution in [0.25, 0.3) is 0 Å². The van der Waals surface area contributed by atoms with Gasteiger partial charge in [-0.2, -0.15) is 0 Å². The summed E-state index contributed by atoms with van der Waals surface area (Å²) in [5.74, 6) is -0.185. The molecule has 2 rings (SSSR count). The van der Waals surface area contributed by atoms with Gasteiger partial charge in [-0.25, -0.2) is 0 Å². The predicted molar refractivity (Wildman–Crippen MR) is 94.5 cm³/mol. The molecule has 0 aliphatic heterocycles. The predicted octanol–water partition coefficient (Wildman–Crippen LogP) is 3.65. The molecule has 7 heteroatoms. The number of benzene rings is 2. The van der Waals surface area contributed by atoms with E-state index in [4.69, 9.17) is 27.9 Å². The van der Waals surface area contributed by atoms with Gasteiger partial charge in [0, 0.05) is 17.1 Å². The molecule has 2 amide bonds. The lowest BCUT2D eigenvalue weighted by Crippen LogP contribution is -2.28. The van der Waals surface area contributed by atoms with E-state index in [1.165, 1.54) is 6.07 Å². The first-order valence-corrected chi connectivity index (χ1v) is 7.88. The van der Waals surface area contributed by atoms with Crippen molar-refractivity contribution in [1.82, 2.24) is 5.32 Å². The Morgan fingerprint density at radius 1 is 1.08 bits per heavy atom. The smallest absolute Gasteiger partial charge is 0.233 e. The van der Waals surface area contributed by atoms with E-state index in [1.54, 1.807) is 25.3 Å². The monoisotopic (exact) mass is 366 g/mol. The molecule has 0 unspecified atom stereocenters. The van der Waals surface area contributed by atoms with Gasteiger partial charge in [0.1, 0.15) is 12.2 Å². The Bertz CT molecular complexity index is 750. The molecule has 0 saturated carbocycles. The van der Waals surface area contributed by atoms with Crippen LogP contribution in [-0.2, 0) is 16.1 Å². The van der Waals surface area contributed by atoms with Crippen LogP contribution in [0.4, 0.5) is 5.69 Å². The fourth-order valence-corrected chi connectivity index (χ4v) is 2.49. The molecule has 126 valence electrons. The van der Waals surface area contributed by atoms with Gasteiger partial charge < -0.3 is 15.4 Å². The molecular weight excluding hydrogens is 351 g/mol. The van der Waals surface area contributed by atoms with E-state index in [0.717, 1.165) is 5.56 Å². The van der Waals surface area contributed by atoms with Crippen molar-refractivity contribution in [2.24, 2.45) is 0 Å².